The number of carbonyl (C=O) groups excluding carboxylic acids is 2. The van der Waals surface area contributed by atoms with Gasteiger partial charge in [-0.2, -0.15) is 0 Å². The van der Waals surface area contributed by atoms with Crippen LogP contribution in [0.4, 0.5) is 5.69 Å². The van der Waals surface area contributed by atoms with Gasteiger partial charge in [-0.25, -0.2) is 8.42 Å². The molecule has 1 atom stereocenters. The first-order chi connectivity index (χ1) is 18.4. The number of sulfonamides is 1. The van der Waals surface area contributed by atoms with Gasteiger partial charge in [-0.1, -0.05) is 79.5 Å². The van der Waals surface area contributed by atoms with Crippen LogP contribution in [-0.4, -0.2) is 44.3 Å². The van der Waals surface area contributed by atoms with E-state index >= 15 is 0 Å². The van der Waals surface area contributed by atoms with Gasteiger partial charge >= 0.3 is 0 Å². The number of amides is 2. The Kier molecular flexibility index (Phi) is 10.2. The van der Waals surface area contributed by atoms with E-state index in [0.29, 0.717) is 22.8 Å². The normalized spacial score (nSPS) is 12.2. The van der Waals surface area contributed by atoms with Crippen molar-refractivity contribution in [1.82, 2.24) is 10.2 Å². The minimum atomic E-state index is -4.14. The third-order valence-corrected chi connectivity index (χ3v) is 8.35. The minimum absolute atomic E-state index is 0.0464. The molecule has 1 N–H and O–H groups in total. The van der Waals surface area contributed by atoms with Crippen molar-refractivity contribution in [3.05, 3.63) is 94.5 Å². The molecule has 0 unspecified atom stereocenters. The Morgan fingerprint density at radius 2 is 1.62 bits per heavy atom. The summed E-state index contributed by atoms with van der Waals surface area (Å²) in [5.41, 5.74) is 2.79. The summed E-state index contributed by atoms with van der Waals surface area (Å²) in [5, 5.41) is 3.23. The Balaban J connectivity index is 2.04. The molecule has 0 aromatic heterocycles. The number of nitrogens with zero attached hydrogens (tertiary/aromatic N) is 2. The number of hydrogen-bond donors (Lipinski definition) is 1. The molecule has 0 spiro atoms. The number of halogens is 1. The zero-order valence-corrected chi connectivity index (χ0v) is 24.6. The summed E-state index contributed by atoms with van der Waals surface area (Å²) < 4.78 is 28.8. The van der Waals surface area contributed by atoms with Gasteiger partial charge in [-0.3, -0.25) is 13.9 Å². The Morgan fingerprint density at radius 1 is 0.923 bits per heavy atom. The molecule has 0 radical (unpaired) electrons. The molecule has 0 bridgehead atoms. The first-order valence-corrected chi connectivity index (χ1v) is 14.7. The predicted octanol–water partition coefficient (Wildman–Crippen LogP) is 5.34. The second kappa shape index (κ2) is 13.1. The third-order valence-electron chi connectivity index (χ3n) is 6.34. The summed E-state index contributed by atoms with van der Waals surface area (Å²) in [6, 6.07) is 19.7. The topological polar surface area (TPSA) is 86.8 Å². The molecule has 3 aromatic carbocycles. The highest BCUT2D eigenvalue weighted by atomic mass is 35.5. The van der Waals surface area contributed by atoms with Crippen LogP contribution < -0.4 is 9.62 Å². The van der Waals surface area contributed by atoms with Crippen LogP contribution in [0, 0.1) is 19.8 Å². The van der Waals surface area contributed by atoms with Crippen molar-refractivity contribution in [3.63, 3.8) is 0 Å². The Bertz CT molecular complexity index is 1410. The molecule has 0 aliphatic heterocycles. The van der Waals surface area contributed by atoms with Gasteiger partial charge in [0, 0.05) is 18.1 Å². The third kappa shape index (κ3) is 7.83. The summed E-state index contributed by atoms with van der Waals surface area (Å²) in [7, 11) is -4.14. The lowest BCUT2D eigenvalue weighted by Crippen LogP contribution is -2.51. The second-order valence-corrected chi connectivity index (χ2v) is 12.4. The minimum Gasteiger partial charge on any atom is -0.354 e. The number of aryl methyl sites for hydroxylation is 2. The molecule has 0 fully saturated rings. The summed E-state index contributed by atoms with van der Waals surface area (Å²) in [6.45, 7) is 9.44. The van der Waals surface area contributed by atoms with Gasteiger partial charge in [0.05, 0.1) is 10.6 Å². The van der Waals surface area contributed by atoms with Gasteiger partial charge in [-0.15, -0.1) is 0 Å². The van der Waals surface area contributed by atoms with Crippen molar-refractivity contribution in [2.75, 3.05) is 17.4 Å². The van der Waals surface area contributed by atoms with Crippen molar-refractivity contribution < 1.29 is 18.0 Å². The monoisotopic (exact) mass is 569 g/mol. The number of anilines is 1. The van der Waals surface area contributed by atoms with Crippen molar-refractivity contribution >= 4 is 39.1 Å². The van der Waals surface area contributed by atoms with E-state index in [1.54, 1.807) is 44.2 Å². The highest BCUT2D eigenvalue weighted by Crippen LogP contribution is 2.30. The van der Waals surface area contributed by atoms with E-state index in [-0.39, 0.29) is 23.3 Å². The lowest BCUT2D eigenvalue weighted by atomic mass is 10.1. The molecule has 2 amide bonds. The molecular formula is C30H36ClN3O4S. The quantitative estimate of drug-likeness (QED) is 0.338. The van der Waals surface area contributed by atoms with E-state index in [0.717, 1.165) is 15.4 Å². The second-order valence-electron chi connectivity index (χ2n) is 10.1. The number of rotatable bonds is 11. The van der Waals surface area contributed by atoms with E-state index in [2.05, 4.69) is 5.32 Å². The molecule has 9 heteroatoms. The van der Waals surface area contributed by atoms with Gasteiger partial charge in [-0.05, 0) is 62.1 Å². The molecule has 0 saturated carbocycles. The van der Waals surface area contributed by atoms with E-state index in [4.69, 9.17) is 11.6 Å². The van der Waals surface area contributed by atoms with Crippen molar-refractivity contribution in [1.29, 1.82) is 0 Å². The molecule has 0 aliphatic carbocycles. The van der Waals surface area contributed by atoms with Crippen LogP contribution in [0.3, 0.4) is 0 Å². The molecule has 208 valence electrons. The van der Waals surface area contributed by atoms with Gasteiger partial charge in [0.25, 0.3) is 10.0 Å². The molecule has 0 aliphatic rings. The lowest BCUT2D eigenvalue weighted by Gasteiger charge is -2.32. The van der Waals surface area contributed by atoms with E-state index < -0.39 is 28.5 Å². The van der Waals surface area contributed by atoms with Crippen LogP contribution >= 0.6 is 11.6 Å². The highest BCUT2D eigenvalue weighted by Gasteiger charge is 2.33. The lowest BCUT2D eigenvalue weighted by molar-refractivity contribution is -0.139. The number of benzene rings is 3. The van der Waals surface area contributed by atoms with Gasteiger partial charge in [0.15, 0.2) is 0 Å². The number of nitrogens with one attached hydrogen (secondary N) is 1. The predicted molar refractivity (Wildman–Crippen MR) is 156 cm³/mol. The SMILES string of the molecule is Cc1cccc(CN(C(=O)CN(c2cc(Cl)ccc2C)S(=O)(=O)c2ccccc2)[C@H](C)C(=O)NCC(C)C)c1. The van der Waals surface area contributed by atoms with Gasteiger partial charge in [0.1, 0.15) is 12.6 Å². The van der Waals surface area contributed by atoms with E-state index in [1.807, 2.05) is 45.0 Å². The molecule has 3 aromatic rings. The van der Waals surface area contributed by atoms with Gasteiger partial charge < -0.3 is 10.2 Å². The average molecular weight is 570 g/mol. The van der Waals surface area contributed by atoms with Crippen LogP contribution in [0.5, 0.6) is 0 Å². The molecule has 0 heterocycles. The van der Waals surface area contributed by atoms with E-state index in [9.17, 15) is 18.0 Å². The average Bonchev–Trinajstić information content (AvgIpc) is 2.90. The standard InChI is InChI=1S/C30H36ClN3O4S/c1-21(2)18-32-30(36)24(5)33(19-25-11-9-10-22(3)16-25)29(35)20-34(28-17-26(31)15-14-23(28)4)39(37,38)27-12-7-6-8-13-27/h6-17,21,24H,18-20H2,1-5H3,(H,32,36)/t24-/m1/s1. The fourth-order valence-corrected chi connectivity index (χ4v) is 5.78. The zero-order chi connectivity index (χ0) is 28.7. The maximum atomic E-state index is 14.0. The fraction of sp³-hybridized carbons (Fsp3) is 0.333. The summed E-state index contributed by atoms with van der Waals surface area (Å²) >= 11 is 6.26. The first-order valence-electron chi connectivity index (χ1n) is 12.9. The summed E-state index contributed by atoms with van der Waals surface area (Å²) in [5.74, 6) is -0.580. The maximum Gasteiger partial charge on any atom is 0.264 e. The van der Waals surface area contributed by atoms with Crippen LogP contribution in [0.25, 0.3) is 0 Å². The van der Waals surface area contributed by atoms with E-state index in [1.165, 1.54) is 23.1 Å². The Hall–Kier alpha value is -3.36. The zero-order valence-electron chi connectivity index (χ0n) is 23.0. The Labute approximate surface area is 236 Å². The largest absolute Gasteiger partial charge is 0.354 e. The summed E-state index contributed by atoms with van der Waals surface area (Å²) in [6.07, 6.45) is 0. The molecule has 7 nitrogen and oxygen atoms in total. The van der Waals surface area contributed by atoms with Crippen molar-refractivity contribution in [3.8, 4) is 0 Å². The molecule has 0 saturated heterocycles. The molecular weight excluding hydrogens is 534 g/mol. The van der Waals surface area contributed by atoms with Crippen molar-refractivity contribution in [2.24, 2.45) is 5.92 Å². The fourth-order valence-electron chi connectivity index (χ4n) is 4.13. The van der Waals surface area contributed by atoms with Crippen molar-refractivity contribution in [2.45, 2.75) is 52.1 Å². The van der Waals surface area contributed by atoms with Gasteiger partial charge in [0.2, 0.25) is 11.8 Å². The Morgan fingerprint density at radius 3 is 2.26 bits per heavy atom. The van der Waals surface area contributed by atoms with Crippen LogP contribution in [0.2, 0.25) is 5.02 Å². The maximum absolute atomic E-state index is 14.0. The number of hydrogen-bond acceptors (Lipinski definition) is 4. The molecule has 39 heavy (non-hydrogen) atoms. The molecule has 3 rings (SSSR count). The number of carbonyl (C=O) groups is 2. The highest BCUT2D eigenvalue weighted by molar-refractivity contribution is 7.92. The summed E-state index contributed by atoms with van der Waals surface area (Å²) in [4.78, 5) is 28.5. The first kappa shape index (κ1) is 30.2. The van der Waals surface area contributed by atoms with Crippen LogP contribution in [-0.2, 0) is 26.2 Å². The van der Waals surface area contributed by atoms with Crippen LogP contribution in [0.1, 0.15) is 37.5 Å². The smallest absolute Gasteiger partial charge is 0.264 e. The van der Waals surface area contributed by atoms with Crippen LogP contribution in [0.15, 0.2) is 77.7 Å².